The maximum absolute atomic E-state index is 12.7. The van der Waals surface area contributed by atoms with Crippen molar-refractivity contribution in [3.63, 3.8) is 0 Å². The average molecular weight is 634 g/mol. The van der Waals surface area contributed by atoms with E-state index in [0.717, 1.165) is 26.4 Å². The number of nitrogens with zero attached hydrogens (tertiary/aromatic N) is 3. The van der Waals surface area contributed by atoms with Crippen LogP contribution in [0, 0.1) is 0 Å². The van der Waals surface area contributed by atoms with Gasteiger partial charge in [0.15, 0.2) is 11.2 Å². The number of carboxylic acid groups (broad SMARTS) is 1. The third-order valence-corrected chi connectivity index (χ3v) is 7.48. The molecule has 0 radical (unpaired) electrons. The van der Waals surface area contributed by atoms with Gasteiger partial charge in [0, 0.05) is 31.2 Å². The lowest BCUT2D eigenvalue weighted by Crippen LogP contribution is -2.41. The van der Waals surface area contributed by atoms with Crippen LogP contribution < -0.4 is 21.9 Å². The van der Waals surface area contributed by atoms with Crippen LogP contribution in [0.15, 0.2) is 35.3 Å². The summed E-state index contributed by atoms with van der Waals surface area (Å²) in [4.78, 5) is 72.5. The highest BCUT2D eigenvalue weighted by atomic mass is 31.2. The van der Waals surface area contributed by atoms with Gasteiger partial charge in [0.05, 0.1) is 25.0 Å². The van der Waals surface area contributed by atoms with Crippen LogP contribution >= 0.6 is 7.82 Å². The highest BCUT2D eigenvalue weighted by Crippen LogP contribution is 2.41. The molecule has 7 N–H and O–H groups in total. The van der Waals surface area contributed by atoms with Gasteiger partial charge >= 0.3 is 13.8 Å². The fraction of sp³-hybridized carbons (Fsp3) is 0.444. The first-order chi connectivity index (χ1) is 21.0. The summed E-state index contributed by atoms with van der Waals surface area (Å²) >= 11 is 0. The summed E-state index contributed by atoms with van der Waals surface area (Å²) in [5, 5.41) is 15.1. The summed E-state index contributed by atoms with van der Waals surface area (Å²) in [6.45, 7) is 0.330. The first-order valence-corrected chi connectivity index (χ1v) is 15.4. The highest BCUT2D eigenvalue weighted by molar-refractivity contribution is 7.47. The molecule has 3 aromatic rings. The van der Waals surface area contributed by atoms with Crippen LogP contribution in [0.2, 0.25) is 0 Å². The molecule has 2 heterocycles. The normalized spacial score (nSPS) is 13.2. The zero-order valence-corrected chi connectivity index (χ0v) is 25.0. The van der Waals surface area contributed by atoms with Gasteiger partial charge in [0.25, 0.3) is 11.5 Å². The Labute approximate surface area is 252 Å². The number of unbranched alkanes of at least 4 members (excludes halogenated alkanes) is 4. The van der Waals surface area contributed by atoms with Crippen LogP contribution in [-0.2, 0) is 29.7 Å². The minimum absolute atomic E-state index is 0.0176. The van der Waals surface area contributed by atoms with Crippen molar-refractivity contribution in [2.45, 2.75) is 64.0 Å². The number of anilines is 2. The zero-order chi connectivity index (χ0) is 32.1. The molecule has 16 nitrogen and oxygen atoms in total. The maximum atomic E-state index is 12.7. The number of aliphatic carboxylic acids is 1. The SMILES string of the molecule is COP(=O)(O)OCCCCCCCC(=O)CC[C@H](NC(=O)c1ccc(NCc2cnc3nc(N)[nH]c(=O)c3n2)cc1)C(=O)O. The van der Waals surface area contributed by atoms with Gasteiger partial charge in [-0.05, 0) is 43.5 Å². The number of Topliss-reactive ketones (excluding diaryl/α,β-unsaturated/α-hetero) is 1. The van der Waals surface area contributed by atoms with Gasteiger partial charge in [0.1, 0.15) is 11.8 Å². The second-order valence-corrected chi connectivity index (χ2v) is 11.4. The van der Waals surface area contributed by atoms with Gasteiger partial charge in [0.2, 0.25) is 5.95 Å². The lowest BCUT2D eigenvalue weighted by molar-refractivity contribution is -0.139. The minimum atomic E-state index is -3.95. The fourth-order valence-electron chi connectivity index (χ4n) is 4.10. The number of nitrogens with two attached hydrogens (primary N) is 1. The van der Waals surface area contributed by atoms with E-state index in [-0.39, 0.29) is 54.5 Å². The van der Waals surface area contributed by atoms with Crippen molar-refractivity contribution >= 4 is 48.3 Å². The van der Waals surface area contributed by atoms with Gasteiger partial charge < -0.3 is 26.4 Å². The van der Waals surface area contributed by atoms with E-state index in [1.807, 2.05) is 0 Å². The van der Waals surface area contributed by atoms with E-state index in [4.69, 9.17) is 15.2 Å². The standard InChI is InChI=1S/C27H36N7O9P/c1-42-44(40,41)43-14-6-4-2-3-5-7-20(35)12-13-21(26(38)39)32-24(36)17-8-10-18(11-9-17)29-15-19-16-30-23-22(31-19)25(37)34-27(28)33-23/h8-11,16,21,29H,2-7,12-15H2,1H3,(H,32,36)(H,38,39)(H,40,41)(H3,28,30,33,34,37)/t21-/m0/s1. The molecule has 0 saturated carbocycles. The first kappa shape index (κ1) is 34.3. The van der Waals surface area contributed by atoms with Gasteiger partial charge in [-0.1, -0.05) is 19.3 Å². The Hall–Kier alpha value is -4.24. The number of rotatable bonds is 19. The van der Waals surface area contributed by atoms with Gasteiger partial charge in [-0.25, -0.2) is 19.3 Å². The molecule has 0 aliphatic carbocycles. The predicted molar refractivity (Wildman–Crippen MR) is 160 cm³/mol. The van der Waals surface area contributed by atoms with E-state index >= 15 is 0 Å². The molecule has 0 aliphatic rings. The molecule has 17 heteroatoms. The molecule has 1 unspecified atom stereocenters. The van der Waals surface area contributed by atoms with Gasteiger partial charge in [-0.3, -0.25) is 28.4 Å². The Kier molecular flexibility index (Phi) is 12.9. The third kappa shape index (κ3) is 11.1. The van der Waals surface area contributed by atoms with Crippen molar-refractivity contribution in [2.75, 3.05) is 24.8 Å². The van der Waals surface area contributed by atoms with E-state index < -0.39 is 31.3 Å². The molecule has 0 fully saturated rings. The van der Waals surface area contributed by atoms with Crippen LogP contribution in [0.5, 0.6) is 0 Å². The Balaban J connectivity index is 1.38. The van der Waals surface area contributed by atoms with E-state index in [2.05, 4.69) is 35.1 Å². The van der Waals surface area contributed by atoms with Gasteiger partial charge in [-0.2, -0.15) is 4.98 Å². The average Bonchev–Trinajstić information content (AvgIpc) is 2.99. The maximum Gasteiger partial charge on any atom is 0.471 e. The molecular formula is C27H36N7O9P. The third-order valence-electron chi connectivity index (χ3n) is 6.51. The first-order valence-electron chi connectivity index (χ1n) is 13.9. The molecule has 0 bridgehead atoms. The number of carbonyl (C=O) groups excluding carboxylic acids is 2. The topological polar surface area (TPSA) is 249 Å². The molecule has 2 aromatic heterocycles. The summed E-state index contributed by atoms with van der Waals surface area (Å²) in [5.74, 6) is -1.97. The summed E-state index contributed by atoms with van der Waals surface area (Å²) in [6.07, 6.45) is 5.32. The molecule has 238 valence electrons. The highest BCUT2D eigenvalue weighted by Gasteiger charge is 2.22. The molecule has 0 spiro atoms. The van der Waals surface area contributed by atoms with Crippen molar-refractivity contribution in [1.82, 2.24) is 25.3 Å². The number of amides is 1. The number of phosphoric ester groups is 1. The quantitative estimate of drug-likeness (QED) is 0.0820. The van der Waals surface area contributed by atoms with Crippen LogP contribution in [0.3, 0.4) is 0 Å². The molecule has 0 aliphatic heterocycles. The number of fused-ring (bicyclic) bond motifs is 1. The second-order valence-electron chi connectivity index (χ2n) is 9.86. The van der Waals surface area contributed by atoms with Crippen molar-refractivity contribution in [1.29, 1.82) is 0 Å². The summed E-state index contributed by atoms with van der Waals surface area (Å²) < 4.78 is 20.2. The smallest absolute Gasteiger partial charge is 0.471 e. The molecule has 1 aromatic carbocycles. The van der Waals surface area contributed by atoms with Crippen LogP contribution in [-0.4, -0.2) is 67.4 Å². The molecule has 3 rings (SSSR count). The summed E-state index contributed by atoms with van der Waals surface area (Å²) in [7, 11) is -2.86. The number of nitrogens with one attached hydrogen (secondary N) is 3. The molecule has 2 atom stereocenters. The Bertz CT molecular complexity index is 1550. The zero-order valence-electron chi connectivity index (χ0n) is 24.2. The number of carboxylic acids is 1. The Morgan fingerprint density at radius 3 is 2.48 bits per heavy atom. The van der Waals surface area contributed by atoms with Crippen LogP contribution in [0.4, 0.5) is 11.6 Å². The largest absolute Gasteiger partial charge is 0.480 e. The van der Waals surface area contributed by atoms with Crippen molar-refractivity contribution < 1.29 is 38.0 Å². The number of nitrogen functional groups attached to an aromatic ring is 1. The fourth-order valence-corrected chi connectivity index (χ4v) is 4.57. The number of ketones is 1. The Morgan fingerprint density at radius 1 is 1.07 bits per heavy atom. The number of benzene rings is 1. The predicted octanol–water partition coefficient (Wildman–Crippen LogP) is 2.54. The lowest BCUT2D eigenvalue weighted by atomic mass is 10.0. The van der Waals surface area contributed by atoms with Crippen molar-refractivity contribution in [3.8, 4) is 0 Å². The monoisotopic (exact) mass is 633 g/mol. The van der Waals surface area contributed by atoms with Gasteiger partial charge in [-0.15, -0.1) is 0 Å². The molecule has 44 heavy (non-hydrogen) atoms. The second kappa shape index (κ2) is 16.6. The number of aromatic nitrogens is 4. The molecule has 0 saturated heterocycles. The number of carbonyl (C=O) groups is 3. The van der Waals surface area contributed by atoms with E-state index in [1.54, 1.807) is 12.1 Å². The van der Waals surface area contributed by atoms with Crippen molar-refractivity contribution in [2.24, 2.45) is 0 Å². The molecule has 1 amide bonds. The van der Waals surface area contributed by atoms with Crippen LogP contribution in [0.25, 0.3) is 11.2 Å². The van der Waals surface area contributed by atoms with E-state index in [1.165, 1.54) is 18.3 Å². The lowest BCUT2D eigenvalue weighted by Gasteiger charge is -2.14. The number of hydrogen-bond donors (Lipinski definition) is 6. The Morgan fingerprint density at radius 2 is 1.77 bits per heavy atom. The van der Waals surface area contributed by atoms with Crippen molar-refractivity contribution in [3.05, 3.63) is 52.1 Å². The van der Waals surface area contributed by atoms with Crippen LogP contribution in [0.1, 0.15) is 67.4 Å². The molecular weight excluding hydrogens is 597 g/mol. The summed E-state index contributed by atoms with van der Waals surface area (Å²) in [6, 6.07) is 5.10. The number of phosphoric acid groups is 1. The van der Waals surface area contributed by atoms with E-state index in [0.29, 0.717) is 30.6 Å². The number of H-pyrrole nitrogens is 1. The number of aromatic amines is 1. The minimum Gasteiger partial charge on any atom is -0.480 e. The number of hydrogen-bond acceptors (Lipinski definition) is 12. The summed E-state index contributed by atoms with van der Waals surface area (Å²) in [5.41, 5.74) is 6.55. The van der Waals surface area contributed by atoms with E-state index in [9.17, 15) is 28.8 Å².